The quantitative estimate of drug-likeness (QED) is 0.212. The summed E-state index contributed by atoms with van der Waals surface area (Å²) in [7, 11) is 0. The van der Waals surface area contributed by atoms with Crippen LogP contribution in [0.1, 0.15) is 67.2 Å². The molecule has 3 nitrogen and oxygen atoms in total. The molecule has 182 valence electrons. The number of halogens is 2. The zero-order chi connectivity index (χ0) is 24.6. The number of carbonyl (C=O) groups excluding carboxylic acids is 1. The van der Waals surface area contributed by atoms with Crippen molar-refractivity contribution in [2.45, 2.75) is 59.8 Å². The number of amides is 1. The molecular weight excluding hydrogens is 658 g/mol. The summed E-state index contributed by atoms with van der Waals surface area (Å²) in [6.45, 7) is 4.43. The highest BCUT2D eigenvalue weighted by Gasteiger charge is 2.59. The van der Waals surface area contributed by atoms with Gasteiger partial charge in [0.25, 0.3) is 0 Å². The van der Waals surface area contributed by atoms with Gasteiger partial charge in [0.2, 0.25) is 5.91 Å². The van der Waals surface area contributed by atoms with Gasteiger partial charge >= 0.3 is 0 Å². The Labute approximate surface area is 236 Å². The average Bonchev–Trinajstić information content (AvgIpc) is 3.18. The van der Waals surface area contributed by atoms with Crippen LogP contribution in [0.4, 0.5) is 0 Å². The summed E-state index contributed by atoms with van der Waals surface area (Å²) in [6, 6.07) is 20.5. The lowest BCUT2D eigenvalue weighted by molar-refractivity contribution is -0.131. The Morgan fingerprint density at radius 1 is 1.06 bits per heavy atom. The van der Waals surface area contributed by atoms with Gasteiger partial charge in [0, 0.05) is 33.2 Å². The fourth-order valence-electron chi connectivity index (χ4n) is 6.83. The van der Waals surface area contributed by atoms with Crippen molar-refractivity contribution in [2.75, 3.05) is 0 Å². The van der Waals surface area contributed by atoms with Crippen LogP contribution in [0.15, 0.2) is 67.0 Å². The number of aromatic nitrogens is 1. The normalized spacial score (nSPS) is 27.9. The van der Waals surface area contributed by atoms with Crippen LogP contribution in [0.5, 0.6) is 0 Å². The third-order valence-electron chi connectivity index (χ3n) is 8.54. The maximum absolute atomic E-state index is 13.3. The van der Waals surface area contributed by atoms with E-state index in [0.717, 1.165) is 33.7 Å². The molecule has 2 heterocycles. The maximum Gasteiger partial charge on any atom is 0.226 e. The molecule has 0 spiro atoms. The lowest BCUT2D eigenvalue weighted by Crippen LogP contribution is -2.44. The number of nitrogens with one attached hydrogen (secondary N) is 1. The number of alkyl halides is 2. The van der Waals surface area contributed by atoms with Gasteiger partial charge in [-0.3, -0.25) is 9.78 Å². The number of hydrogen-bond acceptors (Lipinski definition) is 2. The van der Waals surface area contributed by atoms with E-state index in [4.69, 9.17) is 0 Å². The number of carbonyl (C=O) groups is 1. The van der Waals surface area contributed by atoms with Gasteiger partial charge < -0.3 is 5.32 Å². The molecule has 35 heavy (non-hydrogen) atoms. The van der Waals surface area contributed by atoms with Gasteiger partial charge in [-0.15, -0.1) is 0 Å². The molecule has 1 aliphatic heterocycles. The number of hydrogen-bond donors (Lipinski definition) is 1. The molecule has 2 fully saturated rings. The van der Waals surface area contributed by atoms with Crippen molar-refractivity contribution in [1.82, 2.24) is 10.3 Å². The molecule has 3 aromatic rings. The van der Waals surface area contributed by atoms with E-state index in [2.05, 4.69) is 118 Å². The fourth-order valence-corrected chi connectivity index (χ4v) is 8.00. The van der Waals surface area contributed by atoms with Crippen LogP contribution in [0.25, 0.3) is 11.1 Å². The molecule has 5 atom stereocenters. The Kier molecular flexibility index (Phi) is 7.54. The number of fused-ring (bicyclic) bond motifs is 1. The Bertz CT molecular complexity index is 1200. The zero-order valence-electron chi connectivity index (χ0n) is 20.3. The van der Waals surface area contributed by atoms with E-state index in [0.29, 0.717) is 17.8 Å². The standard InChI is InChI=1S/C30H32I2N2O/c1-3-30-13-12-26(25-11-10-22(15-24(25)17-32)23-5-4-14-33-18-23)27(28(30)19(2)34-29(30)35)21-8-6-20(16-31)7-9-21/h4-11,14-15,18-19,26-28H,3,12-13,16-17H2,1-2H3,(H,34,35)/t19-,26+,27+,28+,30-/m1/s1. The van der Waals surface area contributed by atoms with Crippen molar-refractivity contribution in [3.63, 3.8) is 0 Å². The lowest BCUT2D eigenvalue weighted by Gasteiger charge is -2.48. The van der Waals surface area contributed by atoms with Gasteiger partial charge in [-0.05, 0) is 77.5 Å². The van der Waals surface area contributed by atoms with Crippen molar-refractivity contribution in [3.8, 4) is 11.1 Å². The molecule has 0 unspecified atom stereocenters. The molecule has 0 radical (unpaired) electrons. The molecule has 5 rings (SSSR count). The van der Waals surface area contributed by atoms with Gasteiger partial charge in [0.15, 0.2) is 0 Å². The number of rotatable bonds is 6. The second kappa shape index (κ2) is 10.5. The predicted molar refractivity (Wildman–Crippen MR) is 160 cm³/mol. The highest BCUT2D eigenvalue weighted by Crippen LogP contribution is 2.60. The Morgan fingerprint density at radius 3 is 2.51 bits per heavy atom. The fraction of sp³-hybridized carbons (Fsp3) is 0.400. The molecule has 0 bridgehead atoms. The summed E-state index contributed by atoms with van der Waals surface area (Å²) in [6.07, 6.45) is 6.67. The molecular formula is C30H32I2N2O. The summed E-state index contributed by atoms with van der Waals surface area (Å²) < 4.78 is 1.98. The molecule has 1 aromatic heterocycles. The minimum atomic E-state index is -0.261. The van der Waals surface area contributed by atoms with E-state index < -0.39 is 0 Å². The maximum atomic E-state index is 13.3. The predicted octanol–water partition coefficient (Wildman–Crippen LogP) is 7.81. The first-order chi connectivity index (χ1) is 17.0. The van der Waals surface area contributed by atoms with Crippen LogP contribution in [-0.4, -0.2) is 16.9 Å². The van der Waals surface area contributed by atoms with Gasteiger partial charge in [0.05, 0.1) is 5.41 Å². The highest BCUT2D eigenvalue weighted by molar-refractivity contribution is 14.1. The minimum Gasteiger partial charge on any atom is -0.353 e. The van der Waals surface area contributed by atoms with Crippen molar-refractivity contribution >= 4 is 51.1 Å². The molecule has 2 aliphatic rings. The molecule has 2 aromatic carbocycles. The monoisotopic (exact) mass is 690 g/mol. The Hall–Kier alpha value is -1.48. The largest absolute Gasteiger partial charge is 0.353 e. The summed E-state index contributed by atoms with van der Waals surface area (Å²) in [5.41, 5.74) is 7.70. The van der Waals surface area contributed by atoms with Crippen LogP contribution < -0.4 is 5.32 Å². The summed E-state index contributed by atoms with van der Waals surface area (Å²) in [5.74, 6) is 1.27. The van der Waals surface area contributed by atoms with E-state index in [9.17, 15) is 4.79 Å². The first-order valence-electron chi connectivity index (χ1n) is 12.6. The second-order valence-corrected chi connectivity index (χ2v) is 11.7. The molecule has 1 amide bonds. The SMILES string of the molecule is CC[C@@]12CC[C@@H](c3ccc(-c4cccnc4)cc3CI)[C@H](c3ccc(CI)cc3)[C@@H]1[C@@H](C)NC2=O. The van der Waals surface area contributed by atoms with E-state index >= 15 is 0 Å². The average molecular weight is 690 g/mol. The lowest BCUT2D eigenvalue weighted by atomic mass is 9.54. The van der Waals surface area contributed by atoms with Crippen molar-refractivity contribution in [2.24, 2.45) is 11.3 Å². The first-order valence-corrected chi connectivity index (χ1v) is 15.6. The van der Waals surface area contributed by atoms with Crippen molar-refractivity contribution < 1.29 is 4.79 Å². The molecule has 1 saturated heterocycles. The molecule has 1 aliphatic carbocycles. The van der Waals surface area contributed by atoms with Gasteiger partial charge in [0.1, 0.15) is 0 Å². The number of pyridine rings is 1. The number of benzene rings is 2. The van der Waals surface area contributed by atoms with Crippen LogP contribution >= 0.6 is 45.2 Å². The number of nitrogens with zero attached hydrogens (tertiary/aromatic N) is 1. The Balaban J connectivity index is 1.62. The first kappa shape index (κ1) is 25.2. The van der Waals surface area contributed by atoms with E-state index in [1.54, 1.807) is 0 Å². The zero-order valence-corrected chi connectivity index (χ0v) is 24.6. The minimum absolute atomic E-state index is 0.178. The summed E-state index contributed by atoms with van der Waals surface area (Å²) in [5, 5.41) is 3.36. The van der Waals surface area contributed by atoms with Gasteiger partial charge in [-0.25, -0.2) is 0 Å². The molecule has 1 saturated carbocycles. The van der Waals surface area contributed by atoms with Crippen molar-refractivity contribution in [1.29, 1.82) is 0 Å². The van der Waals surface area contributed by atoms with E-state index in [1.165, 1.54) is 27.8 Å². The second-order valence-electron chi connectivity index (χ2n) is 10.1. The molecule has 1 N–H and O–H groups in total. The Morgan fingerprint density at radius 2 is 1.86 bits per heavy atom. The van der Waals surface area contributed by atoms with E-state index in [1.807, 2.05) is 18.5 Å². The summed E-state index contributed by atoms with van der Waals surface area (Å²) >= 11 is 4.94. The highest BCUT2D eigenvalue weighted by atomic mass is 127. The molecule has 5 heteroatoms. The summed E-state index contributed by atoms with van der Waals surface area (Å²) in [4.78, 5) is 17.6. The van der Waals surface area contributed by atoms with E-state index in [-0.39, 0.29) is 17.4 Å². The third-order valence-corrected chi connectivity index (χ3v) is 10.2. The van der Waals surface area contributed by atoms with Crippen LogP contribution in [0.3, 0.4) is 0 Å². The van der Waals surface area contributed by atoms with Crippen LogP contribution in [0, 0.1) is 11.3 Å². The van der Waals surface area contributed by atoms with Gasteiger partial charge in [-0.1, -0.05) is 101 Å². The van der Waals surface area contributed by atoms with Crippen molar-refractivity contribution in [3.05, 3.63) is 89.2 Å². The topological polar surface area (TPSA) is 42.0 Å². The van der Waals surface area contributed by atoms with Gasteiger partial charge in [-0.2, -0.15) is 0 Å². The third kappa shape index (κ3) is 4.45. The van der Waals surface area contributed by atoms with Crippen LogP contribution in [-0.2, 0) is 13.6 Å². The van der Waals surface area contributed by atoms with Crippen LogP contribution in [0.2, 0.25) is 0 Å². The smallest absolute Gasteiger partial charge is 0.226 e.